The number of thioether (sulfide) groups is 1. The fourth-order valence-electron chi connectivity index (χ4n) is 2.29. The molecule has 26 heavy (non-hydrogen) atoms. The van der Waals surface area contributed by atoms with Crippen LogP contribution >= 0.6 is 23.4 Å². The van der Waals surface area contributed by atoms with Gasteiger partial charge in [0.1, 0.15) is 11.1 Å². The maximum Gasteiger partial charge on any atom is 0.240 e. The van der Waals surface area contributed by atoms with Gasteiger partial charge in [-0.25, -0.2) is 9.38 Å². The van der Waals surface area contributed by atoms with Crippen LogP contribution in [0.15, 0.2) is 47.5 Å². The highest BCUT2D eigenvalue weighted by atomic mass is 35.5. The number of aryl methyl sites for hydroxylation is 1. The first-order valence-electron chi connectivity index (χ1n) is 7.79. The molecular weight excluding hydrogens is 377 g/mol. The Hall–Kier alpha value is -2.38. The molecule has 1 aliphatic heterocycles. The summed E-state index contributed by atoms with van der Waals surface area (Å²) in [5, 5.41) is 5.48. The van der Waals surface area contributed by atoms with Crippen LogP contribution in [0, 0.1) is 12.7 Å². The van der Waals surface area contributed by atoms with Gasteiger partial charge in [-0.3, -0.25) is 9.59 Å². The van der Waals surface area contributed by atoms with Gasteiger partial charge >= 0.3 is 0 Å². The summed E-state index contributed by atoms with van der Waals surface area (Å²) in [7, 11) is 0. The van der Waals surface area contributed by atoms with Gasteiger partial charge in [0.2, 0.25) is 11.8 Å². The highest BCUT2D eigenvalue weighted by Crippen LogP contribution is 2.28. The molecule has 1 fully saturated rings. The Morgan fingerprint density at radius 3 is 2.85 bits per heavy atom. The van der Waals surface area contributed by atoms with Crippen LogP contribution in [0.3, 0.4) is 0 Å². The second kappa shape index (κ2) is 7.88. The van der Waals surface area contributed by atoms with Crippen LogP contribution in [0.1, 0.15) is 12.0 Å². The number of nitrogens with zero attached hydrogens (tertiary/aromatic N) is 1. The summed E-state index contributed by atoms with van der Waals surface area (Å²) < 4.78 is 13.6. The van der Waals surface area contributed by atoms with E-state index in [4.69, 9.17) is 11.6 Å². The molecular formula is C18H15ClFN3O2S. The van der Waals surface area contributed by atoms with Crippen molar-refractivity contribution in [2.24, 2.45) is 4.99 Å². The summed E-state index contributed by atoms with van der Waals surface area (Å²) in [4.78, 5) is 28.5. The van der Waals surface area contributed by atoms with Gasteiger partial charge < -0.3 is 10.6 Å². The van der Waals surface area contributed by atoms with Crippen LogP contribution in [0.25, 0.3) is 0 Å². The Morgan fingerprint density at radius 2 is 2.12 bits per heavy atom. The number of hydrogen-bond acceptors (Lipinski definition) is 4. The molecule has 0 aliphatic carbocycles. The summed E-state index contributed by atoms with van der Waals surface area (Å²) in [6, 6.07) is 11.2. The molecule has 0 bridgehead atoms. The molecule has 2 amide bonds. The van der Waals surface area contributed by atoms with E-state index in [9.17, 15) is 14.0 Å². The molecule has 134 valence electrons. The van der Waals surface area contributed by atoms with Crippen molar-refractivity contribution < 1.29 is 14.0 Å². The summed E-state index contributed by atoms with van der Waals surface area (Å²) in [5.41, 5.74) is 1.63. The van der Waals surface area contributed by atoms with E-state index in [-0.39, 0.29) is 18.0 Å². The van der Waals surface area contributed by atoms with E-state index in [1.807, 2.05) is 13.0 Å². The lowest BCUT2D eigenvalue weighted by Gasteiger charge is -2.08. The van der Waals surface area contributed by atoms with Crippen molar-refractivity contribution in [1.82, 2.24) is 5.32 Å². The third-order valence-electron chi connectivity index (χ3n) is 3.68. The minimum absolute atomic E-state index is 0.0848. The molecule has 0 radical (unpaired) electrons. The zero-order valence-corrected chi connectivity index (χ0v) is 15.3. The summed E-state index contributed by atoms with van der Waals surface area (Å²) in [6.45, 7) is 1.88. The Bertz CT molecular complexity index is 904. The SMILES string of the molecule is Cc1ccc(N=C2NC(=O)[C@@H](CC(=O)Nc3ccccc3F)S2)cc1Cl. The number of halogens is 2. The van der Waals surface area contributed by atoms with Gasteiger partial charge in [0.05, 0.1) is 11.4 Å². The molecule has 0 unspecified atom stereocenters. The second-order valence-corrected chi connectivity index (χ2v) is 7.28. The normalized spacial score (nSPS) is 18.0. The molecule has 1 saturated heterocycles. The number of rotatable bonds is 4. The summed E-state index contributed by atoms with van der Waals surface area (Å²) in [5.74, 6) is -1.28. The van der Waals surface area contributed by atoms with Gasteiger partial charge in [-0.15, -0.1) is 0 Å². The van der Waals surface area contributed by atoms with E-state index in [2.05, 4.69) is 15.6 Å². The molecule has 0 spiro atoms. The largest absolute Gasteiger partial charge is 0.324 e. The third-order valence-corrected chi connectivity index (χ3v) is 5.17. The van der Waals surface area contributed by atoms with E-state index in [1.165, 1.54) is 18.2 Å². The number of aliphatic imine (C=N–C) groups is 1. The van der Waals surface area contributed by atoms with Crippen LogP contribution in [0.4, 0.5) is 15.8 Å². The van der Waals surface area contributed by atoms with Gasteiger partial charge in [-0.2, -0.15) is 0 Å². The first-order chi connectivity index (χ1) is 12.4. The first-order valence-corrected chi connectivity index (χ1v) is 9.05. The molecule has 0 aromatic heterocycles. The molecule has 2 aromatic carbocycles. The molecule has 1 atom stereocenters. The predicted octanol–water partition coefficient (Wildman–Crippen LogP) is 4.04. The van der Waals surface area contributed by atoms with E-state index in [0.29, 0.717) is 15.9 Å². The Kier molecular flexibility index (Phi) is 5.58. The fourth-order valence-corrected chi connectivity index (χ4v) is 3.46. The zero-order valence-electron chi connectivity index (χ0n) is 13.8. The van der Waals surface area contributed by atoms with Gasteiger partial charge in [0.25, 0.3) is 0 Å². The van der Waals surface area contributed by atoms with Gasteiger partial charge in [-0.05, 0) is 36.8 Å². The number of amidine groups is 1. The minimum atomic E-state index is -0.624. The summed E-state index contributed by atoms with van der Waals surface area (Å²) >= 11 is 7.23. The van der Waals surface area contributed by atoms with Crippen molar-refractivity contribution in [2.45, 2.75) is 18.6 Å². The molecule has 1 aliphatic rings. The Balaban J connectivity index is 1.64. The van der Waals surface area contributed by atoms with Crippen LogP contribution in [-0.2, 0) is 9.59 Å². The highest BCUT2D eigenvalue weighted by Gasteiger charge is 2.32. The standard InChI is InChI=1S/C18H15ClFN3O2S/c1-10-6-7-11(8-12(10)19)21-18-23-17(25)15(26-18)9-16(24)22-14-5-3-2-4-13(14)20/h2-8,15H,9H2,1H3,(H,22,24)(H,21,23,25)/t15-/m1/s1. The van der Waals surface area contributed by atoms with E-state index < -0.39 is 17.0 Å². The smallest absolute Gasteiger partial charge is 0.240 e. The number of benzene rings is 2. The zero-order chi connectivity index (χ0) is 18.7. The molecule has 5 nitrogen and oxygen atoms in total. The van der Waals surface area contributed by atoms with Gasteiger partial charge in [0, 0.05) is 11.4 Å². The average molecular weight is 392 g/mol. The molecule has 8 heteroatoms. The monoisotopic (exact) mass is 391 g/mol. The average Bonchev–Trinajstić information content (AvgIpc) is 2.92. The van der Waals surface area contributed by atoms with Crippen LogP contribution < -0.4 is 10.6 Å². The molecule has 3 rings (SSSR count). The van der Waals surface area contributed by atoms with Crippen molar-refractivity contribution >= 4 is 51.7 Å². The first kappa shape index (κ1) is 18.4. The second-order valence-electron chi connectivity index (χ2n) is 5.68. The third kappa shape index (κ3) is 4.42. The molecule has 2 aromatic rings. The van der Waals surface area contributed by atoms with Crippen molar-refractivity contribution in [3.05, 3.63) is 58.9 Å². The lowest BCUT2D eigenvalue weighted by atomic mass is 10.2. The Labute approximate surface area is 159 Å². The van der Waals surface area contributed by atoms with Crippen molar-refractivity contribution in [1.29, 1.82) is 0 Å². The van der Waals surface area contributed by atoms with Crippen molar-refractivity contribution in [3.63, 3.8) is 0 Å². The number of para-hydroxylation sites is 1. The van der Waals surface area contributed by atoms with Gasteiger partial charge in [0.15, 0.2) is 5.17 Å². The van der Waals surface area contributed by atoms with Gasteiger partial charge in [-0.1, -0.05) is 41.6 Å². The van der Waals surface area contributed by atoms with E-state index in [0.717, 1.165) is 17.3 Å². The van der Waals surface area contributed by atoms with Crippen LogP contribution in [-0.4, -0.2) is 22.2 Å². The molecule has 0 saturated carbocycles. The number of hydrogen-bond donors (Lipinski definition) is 2. The Morgan fingerprint density at radius 1 is 1.35 bits per heavy atom. The number of anilines is 1. The minimum Gasteiger partial charge on any atom is -0.324 e. The van der Waals surface area contributed by atoms with Crippen LogP contribution in [0.2, 0.25) is 5.02 Å². The maximum atomic E-state index is 13.6. The van der Waals surface area contributed by atoms with Crippen molar-refractivity contribution in [2.75, 3.05) is 5.32 Å². The lowest BCUT2D eigenvalue weighted by molar-refractivity contribution is -0.122. The van der Waals surface area contributed by atoms with E-state index >= 15 is 0 Å². The number of carbonyl (C=O) groups excluding carboxylic acids is 2. The quantitative estimate of drug-likeness (QED) is 0.826. The fraction of sp³-hybridized carbons (Fsp3) is 0.167. The molecule has 2 N–H and O–H groups in total. The molecule has 1 heterocycles. The van der Waals surface area contributed by atoms with Crippen molar-refractivity contribution in [3.8, 4) is 0 Å². The number of carbonyl (C=O) groups is 2. The predicted molar refractivity (Wildman–Crippen MR) is 102 cm³/mol. The lowest BCUT2D eigenvalue weighted by Crippen LogP contribution is -2.28. The highest BCUT2D eigenvalue weighted by molar-refractivity contribution is 8.15. The summed E-state index contributed by atoms with van der Waals surface area (Å²) in [6.07, 6.45) is -0.0848. The van der Waals surface area contributed by atoms with Crippen LogP contribution in [0.5, 0.6) is 0 Å². The number of nitrogens with one attached hydrogen (secondary N) is 2. The number of amides is 2. The van der Waals surface area contributed by atoms with E-state index in [1.54, 1.807) is 18.2 Å². The topological polar surface area (TPSA) is 70.6 Å². The maximum absolute atomic E-state index is 13.6.